The normalized spacial score (nSPS) is 49.6. The van der Waals surface area contributed by atoms with Crippen LogP contribution in [-0.2, 0) is 4.79 Å². The van der Waals surface area contributed by atoms with Gasteiger partial charge in [0.15, 0.2) is 0 Å². The SMILES string of the molecule is CC(=O)CC12CCC3CCC(C1)C2C3. The highest BCUT2D eigenvalue weighted by Crippen LogP contribution is 2.66. The largest absolute Gasteiger partial charge is 0.300 e. The van der Waals surface area contributed by atoms with Gasteiger partial charge in [-0.1, -0.05) is 6.42 Å². The topological polar surface area (TPSA) is 17.1 Å². The molecule has 3 aliphatic carbocycles. The Bertz CT molecular complexity index is 266. The number of Topliss-reactive ketones (excluding diaryl/α,β-unsaturated/α-hetero) is 1. The third kappa shape index (κ3) is 1.11. The molecule has 0 aromatic heterocycles. The molecule has 3 saturated carbocycles. The van der Waals surface area contributed by atoms with Gasteiger partial charge in [-0.3, -0.25) is 0 Å². The number of fused-ring (bicyclic) bond motifs is 1. The number of hydrogen-bond acceptors (Lipinski definition) is 1. The summed E-state index contributed by atoms with van der Waals surface area (Å²) in [6.07, 6.45) is 9.45. The van der Waals surface area contributed by atoms with Gasteiger partial charge >= 0.3 is 0 Å². The Hall–Kier alpha value is -0.330. The highest BCUT2D eigenvalue weighted by Gasteiger charge is 2.57. The molecule has 0 amide bonds. The second kappa shape index (κ2) is 2.84. The van der Waals surface area contributed by atoms with E-state index >= 15 is 0 Å². The van der Waals surface area contributed by atoms with Crippen molar-refractivity contribution in [2.75, 3.05) is 0 Å². The predicted molar refractivity (Wildman–Crippen MR) is 55.9 cm³/mol. The van der Waals surface area contributed by atoms with Crippen molar-refractivity contribution in [3.05, 3.63) is 0 Å². The number of ketones is 1. The molecule has 3 rings (SSSR count). The first-order valence-corrected chi connectivity index (χ1v) is 6.19. The molecule has 78 valence electrons. The quantitative estimate of drug-likeness (QED) is 0.656. The molecule has 0 heterocycles. The van der Waals surface area contributed by atoms with E-state index in [2.05, 4.69) is 0 Å². The van der Waals surface area contributed by atoms with Crippen LogP contribution < -0.4 is 0 Å². The van der Waals surface area contributed by atoms with Crippen molar-refractivity contribution in [2.45, 2.75) is 51.9 Å². The molecular weight excluding hydrogens is 172 g/mol. The molecule has 4 atom stereocenters. The van der Waals surface area contributed by atoms with Crippen molar-refractivity contribution < 1.29 is 4.79 Å². The summed E-state index contributed by atoms with van der Waals surface area (Å²) in [6.45, 7) is 1.77. The zero-order valence-electron chi connectivity index (χ0n) is 9.09. The molecule has 0 saturated heterocycles. The van der Waals surface area contributed by atoms with E-state index in [0.29, 0.717) is 11.2 Å². The zero-order chi connectivity index (χ0) is 9.76. The summed E-state index contributed by atoms with van der Waals surface area (Å²) >= 11 is 0. The zero-order valence-corrected chi connectivity index (χ0v) is 9.09. The molecule has 0 N–H and O–H groups in total. The van der Waals surface area contributed by atoms with Crippen LogP contribution in [0.25, 0.3) is 0 Å². The standard InChI is InChI=1S/C13H20O/c1-9(14)7-13-5-4-10-2-3-11(8-13)12(13)6-10/h10-12H,2-8H2,1H3. The van der Waals surface area contributed by atoms with Crippen LogP contribution in [0.1, 0.15) is 51.9 Å². The van der Waals surface area contributed by atoms with Gasteiger partial charge in [-0.15, -0.1) is 0 Å². The van der Waals surface area contributed by atoms with E-state index in [0.717, 1.165) is 24.2 Å². The first-order valence-electron chi connectivity index (χ1n) is 6.19. The minimum Gasteiger partial charge on any atom is -0.300 e. The Balaban J connectivity index is 1.80. The highest BCUT2D eigenvalue weighted by molar-refractivity contribution is 5.76. The Kier molecular flexibility index (Phi) is 1.81. The fraction of sp³-hybridized carbons (Fsp3) is 0.923. The second-order valence-electron chi connectivity index (χ2n) is 6.03. The van der Waals surface area contributed by atoms with E-state index in [4.69, 9.17) is 0 Å². The number of carbonyl (C=O) groups excluding carboxylic acids is 1. The fourth-order valence-corrected chi connectivity index (χ4v) is 4.66. The maximum atomic E-state index is 11.3. The lowest BCUT2D eigenvalue weighted by Crippen LogP contribution is -2.54. The summed E-state index contributed by atoms with van der Waals surface area (Å²) in [5.74, 6) is 3.40. The summed E-state index contributed by atoms with van der Waals surface area (Å²) in [6, 6.07) is 0. The lowest BCUT2D eigenvalue weighted by Gasteiger charge is -2.62. The van der Waals surface area contributed by atoms with Gasteiger partial charge in [0.05, 0.1) is 0 Å². The van der Waals surface area contributed by atoms with Crippen LogP contribution in [0.15, 0.2) is 0 Å². The summed E-state index contributed by atoms with van der Waals surface area (Å²) in [4.78, 5) is 11.3. The molecule has 0 aliphatic heterocycles. The molecule has 3 aliphatic rings. The van der Waals surface area contributed by atoms with Gasteiger partial charge in [0, 0.05) is 6.42 Å². The number of rotatable bonds is 2. The summed E-state index contributed by atoms with van der Waals surface area (Å²) in [5.41, 5.74) is 0.493. The predicted octanol–water partition coefficient (Wildman–Crippen LogP) is 3.18. The molecule has 4 unspecified atom stereocenters. The van der Waals surface area contributed by atoms with Crippen molar-refractivity contribution in [1.29, 1.82) is 0 Å². The fourth-order valence-electron chi connectivity index (χ4n) is 4.66. The summed E-state index contributed by atoms with van der Waals surface area (Å²) in [7, 11) is 0. The van der Waals surface area contributed by atoms with Gasteiger partial charge in [-0.05, 0) is 62.2 Å². The maximum Gasteiger partial charge on any atom is 0.130 e. The monoisotopic (exact) mass is 192 g/mol. The van der Waals surface area contributed by atoms with Crippen molar-refractivity contribution in [2.24, 2.45) is 23.2 Å². The molecule has 0 spiro atoms. The second-order valence-corrected chi connectivity index (χ2v) is 6.03. The molecule has 14 heavy (non-hydrogen) atoms. The van der Waals surface area contributed by atoms with Crippen molar-refractivity contribution in [3.63, 3.8) is 0 Å². The Labute approximate surface area is 86.3 Å². The van der Waals surface area contributed by atoms with E-state index in [1.54, 1.807) is 6.92 Å². The first-order chi connectivity index (χ1) is 6.70. The van der Waals surface area contributed by atoms with E-state index in [1.165, 1.54) is 38.5 Å². The number of carbonyl (C=O) groups is 1. The van der Waals surface area contributed by atoms with Gasteiger partial charge in [0.25, 0.3) is 0 Å². The van der Waals surface area contributed by atoms with Crippen LogP contribution in [0.5, 0.6) is 0 Å². The Morgan fingerprint density at radius 3 is 3.00 bits per heavy atom. The van der Waals surface area contributed by atoms with Crippen molar-refractivity contribution in [1.82, 2.24) is 0 Å². The average Bonchev–Trinajstić information content (AvgIpc) is 2.08. The molecule has 0 aromatic rings. The molecule has 2 bridgehead atoms. The van der Waals surface area contributed by atoms with Gasteiger partial charge in [-0.2, -0.15) is 0 Å². The molecule has 1 heteroatoms. The van der Waals surface area contributed by atoms with Crippen LogP contribution in [0.2, 0.25) is 0 Å². The molecule has 1 nitrogen and oxygen atoms in total. The van der Waals surface area contributed by atoms with Crippen molar-refractivity contribution in [3.8, 4) is 0 Å². The summed E-state index contributed by atoms with van der Waals surface area (Å²) in [5, 5.41) is 0. The molecule has 0 radical (unpaired) electrons. The van der Waals surface area contributed by atoms with Gasteiger partial charge < -0.3 is 4.79 Å². The van der Waals surface area contributed by atoms with Crippen LogP contribution in [0.4, 0.5) is 0 Å². The lowest BCUT2D eigenvalue weighted by atomic mass is 9.42. The molecule has 3 fully saturated rings. The third-order valence-corrected chi connectivity index (χ3v) is 5.21. The first kappa shape index (κ1) is 8.94. The van der Waals surface area contributed by atoms with E-state index in [9.17, 15) is 4.79 Å². The molecular formula is C13H20O. The smallest absolute Gasteiger partial charge is 0.130 e. The van der Waals surface area contributed by atoms with Crippen LogP contribution >= 0.6 is 0 Å². The number of hydrogen-bond donors (Lipinski definition) is 0. The Morgan fingerprint density at radius 1 is 1.36 bits per heavy atom. The van der Waals surface area contributed by atoms with Crippen LogP contribution in [-0.4, -0.2) is 5.78 Å². The maximum absolute atomic E-state index is 11.3. The Morgan fingerprint density at radius 2 is 2.21 bits per heavy atom. The van der Waals surface area contributed by atoms with Gasteiger partial charge in [0.1, 0.15) is 5.78 Å². The van der Waals surface area contributed by atoms with Crippen LogP contribution in [0, 0.1) is 23.2 Å². The van der Waals surface area contributed by atoms with Crippen molar-refractivity contribution >= 4 is 5.78 Å². The lowest BCUT2D eigenvalue weighted by molar-refractivity contribution is -0.146. The highest BCUT2D eigenvalue weighted by atomic mass is 16.1. The molecule has 0 aromatic carbocycles. The third-order valence-electron chi connectivity index (χ3n) is 5.21. The minimum atomic E-state index is 0.424. The van der Waals surface area contributed by atoms with E-state index < -0.39 is 0 Å². The van der Waals surface area contributed by atoms with E-state index in [-0.39, 0.29) is 0 Å². The average molecular weight is 192 g/mol. The summed E-state index contributed by atoms with van der Waals surface area (Å²) < 4.78 is 0. The van der Waals surface area contributed by atoms with Crippen LogP contribution in [0.3, 0.4) is 0 Å². The van der Waals surface area contributed by atoms with Gasteiger partial charge in [0.2, 0.25) is 0 Å². The minimum absolute atomic E-state index is 0.424. The van der Waals surface area contributed by atoms with Gasteiger partial charge in [-0.25, -0.2) is 0 Å². The van der Waals surface area contributed by atoms with E-state index in [1.807, 2.05) is 0 Å².